The number of benzene rings is 3. The highest BCUT2D eigenvalue weighted by Gasteiger charge is 2.35. The van der Waals surface area contributed by atoms with Gasteiger partial charge in [-0.2, -0.15) is 0 Å². The summed E-state index contributed by atoms with van der Waals surface area (Å²) in [4.78, 5) is 30.5. The van der Waals surface area contributed by atoms with E-state index in [1.807, 2.05) is 20.8 Å². The van der Waals surface area contributed by atoms with Gasteiger partial charge in [0.05, 0.1) is 24.3 Å². The third kappa shape index (κ3) is 9.20. The number of allylic oxidation sites excluding steroid dienone is 2. The summed E-state index contributed by atoms with van der Waals surface area (Å²) in [5, 5.41) is 8.44. The van der Waals surface area contributed by atoms with Crippen LogP contribution in [0.1, 0.15) is 49.2 Å². The molecule has 52 heavy (non-hydrogen) atoms. The lowest BCUT2D eigenvalue weighted by molar-refractivity contribution is 0.0477. The number of carbonyl (C=O) groups is 2. The maximum Gasteiger partial charge on any atom is 0.411 e. The molecular weight excluding hydrogens is 687 g/mol. The Balaban J connectivity index is 1.66. The predicted octanol–water partition coefficient (Wildman–Crippen LogP) is 6.36. The zero-order valence-corrected chi connectivity index (χ0v) is 30.2. The molecule has 272 valence electrons. The molecule has 0 fully saturated rings. The maximum atomic E-state index is 14.0. The van der Waals surface area contributed by atoms with Crippen molar-refractivity contribution < 1.29 is 37.0 Å². The van der Waals surface area contributed by atoms with Crippen LogP contribution in [-0.4, -0.2) is 45.0 Å². The number of ether oxygens (including phenoxy) is 4. The Labute approximate surface area is 303 Å². The van der Waals surface area contributed by atoms with Crippen LogP contribution in [0.15, 0.2) is 115 Å². The average Bonchev–Trinajstić information content (AvgIpc) is 3.12. The Morgan fingerprint density at radius 2 is 1.69 bits per heavy atom. The third-order valence-electron chi connectivity index (χ3n) is 7.72. The summed E-state index contributed by atoms with van der Waals surface area (Å²) in [6.45, 7) is 7.94. The molecule has 14 heteroatoms. The quantitative estimate of drug-likeness (QED) is 0.114. The normalized spacial score (nSPS) is 15.2. The Morgan fingerprint density at radius 1 is 0.942 bits per heavy atom. The SMILES string of the molecule is CCOC(=O)NC1(Oc2cc(C(=O)NCc3cccnc3)cc(NS(=O)(=O)c3ccc(C(C)(C)C)cc3)c2Oc2ccccc2OC)C=CC=CN1. The van der Waals surface area contributed by atoms with E-state index in [-0.39, 0.29) is 52.0 Å². The van der Waals surface area contributed by atoms with E-state index in [0.717, 1.165) is 11.1 Å². The molecule has 0 radical (unpaired) electrons. The van der Waals surface area contributed by atoms with E-state index in [1.165, 1.54) is 43.7 Å². The van der Waals surface area contributed by atoms with Gasteiger partial charge in [0.2, 0.25) is 0 Å². The van der Waals surface area contributed by atoms with Crippen molar-refractivity contribution in [3.05, 3.63) is 126 Å². The van der Waals surface area contributed by atoms with Gasteiger partial charge in [0.25, 0.3) is 21.8 Å². The smallest absolute Gasteiger partial charge is 0.411 e. The van der Waals surface area contributed by atoms with Crippen molar-refractivity contribution in [2.45, 2.75) is 50.4 Å². The van der Waals surface area contributed by atoms with Gasteiger partial charge < -0.3 is 29.6 Å². The highest BCUT2D eigenvalue weighted by molar-refractivity contribution is 7.92. The number of nitrogens with zero attached hydrogens (tertiary/aromatic N) is 1. The first-order chi connectivity index (χ1) is 24.8. The second-order valence-electron chi connectivity index (χ2n) is 12.6. The van der Waals surface area contributed by atoms with Crippen LogP contribution in [-0.2, 0) is 26.7 Å². The van der Waals surface area contributed by atoms with E-state index in [0.29, 0.717) is 5.75 Å². The van der Waals surface area contributed by atoms with E-state index in [9.17, 15) is 18.0 Å². The highest BCUT2D eigenvalue weighted by Crippen LogP contribution is 2.44. The number of hydrogen-bond donors (Lipinski definition) is 4. The Morgan fingerprint density at radius 3 is 2.33 bits per heavy atom. The van der Waals surface area contributed by atoms with Gasteiger partial charge in [0, 0.05) is 36.8 Å². The number of aromatic nitrogens is 1. The van der Waals surface area contributed by atoms with Crippen LogP contribution in [0.3, 0.4) is 0 Å². The molecule has 1 aliphatic rings. The number of pyridine rings is 1. The van der Waals surface area contributed by atoms with Gasteiger partial charge in [0.1, 0.15) is 0 Å². The van der Waals surface area contributed by atoms with Crippen LogP contribution < -0.4 is 34.9 Å². The van der Waals surface area contributed by atoms with E-state index in [2.05, 4.69) is 25.7 Å². The van der Waals surface area contributed by atoms with Crippen molar-refractivity contribution in [3.8, 4) is 23.0 Å². The van der Waals surface area contributed by atoms with Crippen LogP contribution in [0, 0.1) is 0 Å². The molecule has 4 N–H and O–H groups in total. The lowest BCUT2D eigenvalue weighted by atomic mass is 9.87. The Kier molecular flexibility index (Phi) is 11.4. The average molecular weight is 728 g/mol. The largest absolute Gasteiger partial charge is 0.493 e. The van der Waals surface area contributed by atoms with Crippen LogP contribution in [0.5, 0.6) is 23.0 Å². The summed E-state index contributed by atoms with van der Waals surface area (Å²) in [6.07, 6.45) is 8.75. The fourth-order valence-corrected chi connectivity index (χ4v) is 6.11. The molecule has 4 aromatic rings. The molecular formula is C38H41N5O8S. The molecule has 1 aliphatic heterocycles. The van der Waals surface area contributed by atoms with Gasteiger partial charge in [-0.05, 0) is 72.0 Å². The summed E-state index contributed by atoms with van der Waals surface area (Å²) < 4.78 is 54.1. The number of dihydropyridines is 1. The lowest BCUT2D eigenvalue weighted by Crippen LogP contribution is -2.60. The van der Waals surface area contributed by atoms with Gasteiger partial charge in [-0.3, -0.25) is 19.8 Å². The summed E-state index contributed by atoms with van der Waals surface area (Å²) in [5.74, 6) is -2.06. The molecule has 0 saturated carbocycles. The number of nitrogens with one attached hydrogen (secondary N) is 4. The first-order valence-corrected chi connectivity index (χ1v) is 17.9. The van der Waals surface area contributed by atoms with Gasteiger partial charge >= 0.3 is 6.09 Å². The van der Waals surface area contributed by atoms with Crippen molar-refractivity contribution in [2.24, 2.45) is 0 Å². The van der Waals surface area contributed by atoms with E-state index >= 15 is 0 Å². The van der Waals surface area contributed by atoms with Crippen LogP contribution in [0.25, 0.3) is 0 Å². The van der Waals surface area contributed by atoms with Crippen molar-refractivity contribution in [3.63, 3.8) is 0 Å². The number of hydrogen-bond acceptors (Lipinski definition) is 10. The standard InChI is InChI=1S/C38H41N5O8S/c1-6-49-36(45)42-38(19-9-10-21-41-38)51-33-23-27(35(44)40-25-26-12-11-20-39-24-26)22-30(34(33)50-32-14-8-7-13-31(32)48-5)43-52(46,47)29-17-15-28(16-18-29)37(2,3)4/h7-24,41,43H,6,25H2,1-5H3,(H,40,44)(H,42,45). The van der Waals surface area contributed by atoms with Gasteiger partial charge in [-0.1, -0.05) is 57.2 Å². The Bertz CT molecular complexity index is 2060. The fourth-order valence-electron chi connectivity index (χ4n) is 5.05. The van der Waals surface area contributed by atoms with Crippen LogP contribution >= 0.6 is 0 Å². The van der Waals surface area contributed by atoms with Crippen molar-refractivity contribution >= 4 is 27.7 Å². The number of anilines is 1. The molecule has 1 unspecified atom stereocenters. The lowest BCUT2D eigenvalue weighted by Gasteiger charge is -2.34. The summed E-state index contributed by atoms with van der Waals surface area (Å²) in [5.41, 5.74) is 1.34. The molecule has 2 amide bonds. The van der Waals surface area contributed by atoms with Crippen molar-refractivity contribution in [1.82, 2.24) is 20.9 Å². The second kappa shape index (κ2) is 15.9. The number of methoxy groups -OCH3 is 1. The van der Waals surface area contributed by atoms with Gasteiger partial charge in [0.15, 0.2) is 23.0 Å². The molecule has 0 bridgehead atoms. The second-order valence-corrected chi connectivity index (χ2v) is 14.3. The number of para-hydroxylation sites is 2. The van der Waals surface area contributed by atoms with Crippen molar-refractivity contribution in [2.75, 3.05) is 18.4 Å². The maximum absolute atomic E-state index is 14.0. The zero-order valence-electron chi connectivity index (χ0n) is 29.4. The molecule has 0 saturated heterocycles. The minimum Gasteiger partial charge on any atom is -0.493 e. The van der Waals surface area contributed by atoms with Gasteiger partial charge in [-0.25, -0.2) is 13.2 Å². The summed E-state index contributed by atoms with van der Waals surface area (Å²) in [7, 11) is -2.82. The fraction of sp³-hybridized carbons (Fsp3) is 0.237. The molecule has 13 nitrogen and oxygen atoms in total. The molecule has 5 rings (SSSR count). The zero-order chi connectivity index (χ0) is 37.4. The topological polar surface area (TPSA) is 166 Å². The molecule has 0 aliphatic carbocycles. The predicted molar refractivity (Wildman–Crippen MR) is 196 cm³/mol. The minimum atomic E-state index is -4.28. The highest BCUT2D eigenvalue weighted by atomic mass is 32.2. The third-order valence-corrected chi connectivity index (χ3v) is 9.10. The molecule has 1 atom stereocenters. The van der Waals surface area contributed by atoms with E-state index in [1.54, 1.807) is 80.0 Å². The Hall–Kier alpha value is -6.02. The molecule has 1 aromatic heterocycles. The number of rotatable bonds is 13. The molecule has 0 spiro atoms. The molecule has 3 aromatic carbocycles. The number of sulfonamides is 1. The number of alkyl carbamates (subject to hydrolysis) is 1. The minimum absolute atomic E-state index is 0.00802. The van der Waals surface area contributed by atoms with Crippen LogP contribution in [0.2, 0.25) is 0 Å². The van der Waals surface area contributed by atoms with Gasteiger partial charge in [-0.15, -0.1) is 0 Å². The monoisotopic (exact) mass is 727 g/mol. The first kappa shape index (κ1) is 37.2. The summed E-state index contributed by atoms with van der Waals surface area (Å²) in [6, 6.07) is 19.5. The molecule has 2 heterocycles. The number of amides is 2. The first-order valence-electron chi connectivity index (χ1n) is 16.4. The number of carbonyl (C=O) groups excluding carboxylic acids is 2. The summed E-state index contributed by atoms with van der Waals surface area (Å²) >= 11 is 0. The van der Waals surface area contributed by atoms with Crippen LogP contribution in [0.4, 0.5) is 10.5 Å². The van der Waals surface area contributed by atoms with Crippen molar-refractivity contribution in [1.29, 1.82) is 0 Å². The van der Waals surface area contributed by atoms with E-state index in [4.69, 9.17) is 18.9 Å². The van der Waals surface area contributed by atoms with E-state index < -0.39 is 27.9 Å².